The zero-order valence-corrected chi connectivity index (χ0v) is 13.1. The van der Waals surface area contributed by atoms with E-state index in [1.165, 1.54) is 6.26 Å². The number of aryl methyl sites for hydroxylation is 1. The molecule has 0 radical (unpaired) electrons. The quantitative estimate of drug-likeness (QED) is 0.921. The fourth-order valence-electron chi connectivity index (χ4n) is 2.24. The Morgan fingerprint density at radius 2 is 1.91 bits per heavy atom. The Labute approximate surface area is 129 Å². The van der Waals surface area contributed by atoms with Gasteiger partial charge in [0.1, 0.15) is 5.76 Å². The van der Waals surface area contributed by atoms with Crippen molar-refractivity contribution in [2.24, 2.45) is 0 Å². The third kappa shape index (κ3) is 3.36. The molecule has 1 N–H and O–H groups in total. The van der Waals surface area contributed by atoms with Crippen molar-refractivity contribution in [2.75, 3.05) is 18.4 Å². The van der Waals surface area contributed by atoms with Crippen LogP contribution in [0.2, 0.25) is 0 Å². The summed E-state index contributed by atoms with van der Waals surface area (Å²) in [6.45, 7) is 6.92. The minimum Gasteiger partial charge on any atom is -0.469 e. The second-order valence-electron chi connectivity index (χ2n) is 4.90. The summed E-state index contributed by atoms with van der Waals surface area (Å²) in [5.41, 5.74) is 1.63. The Bertz CT molecular complexity index is 672. The summed E-state index contributed by atoms with van der Waals surface area (Å²) in [4.78, 5) is 26.2. The van der Waals surface area contributed by atoms with Gasteiger partial charge in [0.05, 0.1) is 11.8 Å². The topological polar surface area (TPSA) is 62.6 Å². The first kappa shape index (κ1) is 15.8. The van der Waals surface area contributed by atoms with Crippen LogP contribution in [0.5, 0.6) is 0 Å². The molecule has 2 aromatic rings. The number of anilines is 1. The number of hydrogen-bond acceptors (Lipinski definition) is 3. The molecule has 0 atom stereocenters. The number of nitrogens with zero attached hydrogens (tertiary/aromatic N) is 1. The maximum absolute atomic E-state index is 12.3. The number of furan rings is 1. The Kier molecular flexibility index (Phi) is 4.99. The molecule has 1 heterocycles. The van der Waals surface area contributed by atoms with Gasteiger partial charge in [-0.1, -0.05) is 6.07 Å². The van der Waals surface area contributed by atoms with Crippen molar-refractivity contribution < 1.29 is 14.0 Å². The molecule has 2 amide bonds. The van der Waals surface area contributed by atoms with Crippen LogP contribution in [-0.2, 0) is 0 Å². The zero-order chi connectivity index (χ0) is 16.1. The van der Waals surface area contributed by atoms with Crippen LogP contribution in [0.4, 0.5) is 5.69 Å². The van der Waals surface area contributed by atoms with Gasteiger partial charge in [0.2, 0.25) is 0 Å². The lowest BCUT2D eigenvalue weighted by Crippen LogP contribution is -2.30. The maximum Gasteiger partial charge on any atom is 0.259 e. The van der Waals surface area contributed by atoms with Crippen molar-refractivity contribution in [3.63, 3.8) is 0 Å². The van der Waals surface area contributed by atoms with E-state index in [1.54, 1.807) is 42.2 Å². The summed E-state index contributed by atoms with van der Waals surface area (Å²) >= 11 is 0. The van der Waals surface area contributed by atoms with Gasteiger partial charge in [0.15, 0.2) is 0 Å². The monoisotopic (exact) mass is 300 g/mol. The summed E-state index contributed by atoms with van der Waals surface area (Å²) in [7, 11) is 0. The molecule has 0 aliphatic rings. The molecule has 0 spiro atoms. The summed E-state index contributed by atoms with van der Waals surface area (Å²) in [6, 6.07) is 8.57. The standard InChI is InChI=1S/C17H20N2O3/c1-4-19(5-2)17(21)13-7-6-8-14(11-13)18-16(20)15-9-10-22-12(15)3/h6-11H,4-5H2,1-3H3,(H,18,20). The molecule has 0 aliphatic carbocycles. The van der Waals surface area contributed by atoms with E-state index in [0.717, 1.165) is 0 Å². The fraction of sp³-hybridized carbons (Fsp3) is 0.294. The van der Waals surface area contributed by atoms with Crippen LogP contribution in [-0.4, -0.2) is 29.8 Å². The Balaban J connectivity index is 2.17. The van der Waals surface area contributed by atoms with Crippen molar-refractivity contribution in [2.45, 2.75) is 20.8 Å². The van der Waals surface area contributed by atoms with Crippen molar-refractivity contribution in [1.29, 1.82) is 0 Å². The van der Waals surface area contributed by atoms with Gasteiger partial charge >= 0.3 is 0 Å². The lowest BCUT2D eigenvalue weighted by molar-refractivity contribution is 0.0772. The summed E-state index contributed by atoms with van der Waals surface area (Å²) in [5.74, 6) is 0.271. The highest BCUT2D eigenvalue weighted by atomic mass is 16.3. The fourth-order valence-corrected chi connectivity index (χ4v) is 2.24. The molecule has 0 aliphatic heterocycles. The van der Waals surface area contributed by atoms with Crippen LogP contribution in [0, 0.1) is 6.92 Å². The van der Waals surface area contributed by atoms with Crippen LogP contribution in [0.15, 0.2) is 41.0 Å². The van der Waals surface area contributed by atoms with E-state index < -0.39 is 0 Å². The van der Waals surface area contributed by atoms with Gasteiger partial charge in [-0.2, -0.15) is 0 Å². The third-order valence-electron chi connectivity index (χ3n) is 3.52. The molecule has 0 unspecified atom stereocenters. The van der Waals surface area contributed by atoms with Crippen molar-refractivity contribution in [3.05, 3.63) is 53.5 Å². The molecule has 1 aromatic heterocycles. The SMILES string of the molecule is CCN(CC)C(=O)c1cccc(NC(=O)c2ccoc2C)c1. The predicted octanol–water partition coefficient (Wildman–Crippen LogP) is 3.32. The van der Waals surface area contributed by atoms with Gasteiger partial charge in [-0.3, -0.25) is 9.59 Å². The van der Waals surface area contributed by atoms with E-state index in [0.29, 0.717) is 35.7 Å². The number of rotatable bonds is 5. The minimum atomic E-state index is -0.251. The average Bonchev–Trinajstić information content (AvgIpc) is 2.95. The van der Waals surface area contributed by atoms with Crippen molar-refractivity contribution >= 4 is 17.5 Å². The molecule has 0 saturated heterocycles. The number of nitrogens with one attached hydrogen (secondary N) is 1. The van der Waals surface area contributed by atoms with Crippen molar-refractivity contribution in [3.8, 4) is 0 Å². The van der Waals surface area contributed by atoms with E-state index >= 15 is 0 Å². The smallest absolute Gasteiger partial charge is 0.259 e. The molecule has 116 valence electrons. The van der Waals surface area contributed by atoms with Crippen LogP contribution in [0.3, 0.4) is 0 Å². The highest BCUT2D eigenvalue weighted by Gasteiger charge is 2.15. The molecule has 5 heteroatoms. The van der Waals surface area contributed by atoms with Gasteiger partial charge in [0, 0.05) is 24.3 Å². The van der Waals surface area contributed by atoms with E-state index in [2.05, 4.69) is 5.32 Å². The Morgan fingerprint density at radius 1 is 1.18 bits per heavy atom. The van der Waals surface area contributed by atoms with Crippen LogP contribution >= 0.6 is 0 Å². The first-order valence-corrected chi connectivity index (χ1v) is 7.31. The molecule has 1 aromatic carbocycles. The molecule has 0 bridgehead atoms. The van der Waals surface area contributed by atoms with Gasteiger partial charge < -0.3 is 14.6 Å². The Hall–Kier alpha value is -2.56. The lowest BCUT2D eigenvalue weighted by atomic mass is 10.1. The number of hydrogen-bond donors (Lipinski definition) is 1. The highest BCUT2D eigenvalue weighted by molar-refractivity contribution is 6.05. The first-order chi connectivity index (χ1) is 10.6. The van der Waals surface area contributed by atoms with Crippen molar-refractivity contribution in [1.82, 2.24) is 4.90 Å². The largest absolute Gasteiger partial charge is 0.469 e. The summed E-state index contributed by atoms with van der Waals surface area (Å²) in [6.07, 6.45) is 1.48. The van der Waals surface area contributed by atoms with Gasteiger partial charge in [-0.15, -0.1) is 0 Å². The molecular formula is C17H20N2O3. The zero-order valence-electron chi connectivity index (χ0n) is 13.1. The molecular weight excluding hydrogens is 280 g/mol. The number of carbonyl (C=O) groups is 2. The maximum atomic E-state index is 12.3. The predicted molar refractivity (Wildman–Crippen MR) is 85.1 cm³/mol. The lowest BCUT2D eigenvalue weighted by Gasteiger charge is -2.19. The number of amides is 2. The molecule has 5 nitrogen and oxygen atoms in total. The second kappa shape index (κ2) is 6.93. The minimum absolute atomic E-state index is 0.0411. The summed E-state index contributed by atoms with van der Waals surface area (Å²) in [5, 5.41) is 2.79. The van der Waals surface area contributed by atoms with Gasteiger partial charge in [-0.25, -0.2) is 0 Å². The summed E-state index contributed by atoms with van der Waals surface area (Å²) < 4.78 is 5.12. The highest BCUT2D eigenvalue weighted by Crippen LogP contribution is 2.16. The normalized spacial score (nSPS) is 10.3. The van der Waals surface area contributed by atoms with E-state index in [-0.39, 0.29) is 11.8 Å². The van der Waals surface area contributed by atoms with E-state index in [4.69, 9.17) is 4.42 Å². The second-order valence-corrected chi connectivity index (χ2v) is 4.90. The van der Waals surface area contributed by atoms with Crippen LogP contribution in [0.1, 0.15) is 40.3 Å². The van der Waals surface area contributed by atoms with Crippen LogP contribution in [0.25, 0.3) is 0 Å². The Morgan fingerprint density at radius 3 is 2.50 bits per heavy atom. The third-order valence-corrected chi connectivity index (χ3v) is 3.52. The molecule has 0 fully saturated rings. The van der Waals surface area contributed by atoms with E-state index in [1.807, 2.05) is 13.8 Å². The average molecular weight is 300 g/mol. The molecule has 0 saturated carbocycles. The molecule has 2 rings (SSSR count). The van der Waals surface area contributed by atoms with E-state index in [9.17, 15) is 9.59 Å². The van der Waals surface area contributed by atoms with Gasteiger partial charge in [-0.05, 0) is 45.0 Å². The first-order valence-electron chi connectivity index (χ1n) is 7.31. The number of benzene rings is 1. The molecule has 22 heavy (non-hydrogen) atoms. The van der Waals surface area contributed by atoms with Gasteiger partial charge in [0.25, 0.3) is 11.8 Å². The number of carbonyl (C=O) groups excluding carboxylic acids is 2. The van der Waals surface area contributed by atoms with Crippen LogP contribution < -0.4 is 5.32 Å².